The van der Waals surface area contributed by atoms with Crippen molar-refractivity contribution in [3.63, 3.8) is 0 Å². The summed E-state index contributed by atoms with van der Waals surface area (Å²) in [5.41, 5.74) is 2.64. The van der Waals surface area contributed by atoms with Crippen LogP contribution in [0.5, 0.6) is 0 Å². The van der Waals surface area contributed by atoms with Gasteiger partial charge in [0.1, 0.15) is 6.54 Å². The first-order valence-corrected chi connectivity index (χ1v) is 12.0. The van der Waals surface area contributed by atoms with E-state index in [2.05, 4.69) is 18.8 Å². The molecule has 0 bridgehead atoms. The number of carbonyl (C=O) groups excluding carboxylic acids is 3. The number of carbonyl (C=O) groups is 3. The Morgan fingerprint density at radius 3 is 2.27 bits per heavy atom. The topological polar surface area (TPSA) is 70.6 Å². The maximum atomic E-state index is 13.6. The van der Waals surface area contributed by atoms with Crippen LogP contribution in [0.4, 0.5) is 10.8 Å². The normalized spacial score (nSPS) is 20.0. The molecule has 1 aliphatic carbocycles. The summed E-state index contributed by atoms with van der Waals surface area (Å²) in [5.74, 6) is -1.18. The second-order valence-corrected chi connectivity index (χ2v) is 9.87. The Balaban J connectivity index is 1.49. The molecule has 2 heterocycles. The van der Waals surface area contributed by atoms with Crippen molar-refractivity contribution in [2.75, 3.05) is 11.4 Å². The number of rotatable bonds is 5. The molecule has 7 heteroatoms. The van der Waals surface area contributed by atoms with Crippen LogP contribution in [0.2, 0.25) is 0 Å². The number of amides is 3. The van der Waals surface area contributed by atoms with Gasteiger partial charge in [-0.15, -0.1) is 0 Å². The van der Waals surface area contributed by atoms with Crippen LogP contribution < -0.4 is 4.90 Å². The first kappa shape index (κ1) is 21.5. The van der Waals surface area contributed by atoms with Crippen LogP contribution in [0.3, 0.4) is 0 Å². The quantitative estimate of drug-likeness (QED) is 0.396. The van der Waals surface area contributed by atoms with Crippen LogP contribution in [0.15, 0.2) is 60.7 Å². The number of nitrogens with zero attached hydrogens (tertiary/aromatic N) is 3. The third kappa shape index (κ3) is 3.86. The van der Waals surface area contributed by atoms with E-state index in [1.807, 2.05) is 60.7 Å². The van der Waals surface area contributed by atoms with Gasteiger partial charge >= 0.3 is 0 Å². The molecule has 1 aliphatic heterocycles. The molecule has 33 heavy (non-hydrogen) atoms. The molecule has 1 saturated heterocycles. The van der Waals surface area contributed by atoms with Crippen molar-refractivity contribution in [1.29, 1.82) is 0 Å². The molecule has 2 aliphatic rings. The van der Waals surface area contributed by atoms with E-state index >= 15 is 0 Å². The number of thiazole rings is 1. The fourth-order valence-corrected chi connectivity index (χ4v) is 5.56. The van der Waals surface area contributed by atoms with E-state index in [1.165, 1.54) is 16.2 Å². The molecule has 1 fully saturated rings. The molecule has 168 valence electrons. The molecule has 2 aromatic carbocycles. The summed E-state index contributed by atoms with van der Waals surface area (Å²) in [6.45, 7) is 3.95. The largest absolute Gasteiger partial charge is 0.274 e. The average molecular weight is 460 g/mol. The number of hydrogen-bond donors (Lipinski definition) is 0. The number of para-hydroxylation sites is 1. The van der Waals surface area contributed by atoms with E-state index in [0.29, 0.717) is 29.6 Å². The number of hydrogen-bond acceptors (Lipinski definition) is 5. The summed E-state index contributed by atoms with van der Waals surface area (Å²) in [7, 11) is 0. The third-order valence-electron chi connectivity index (χ3n) is 6.43. The standard InChI is InChI=1S/C26H25N3O3S/c1-16(2)17-11-13-18(14-12-17)29(26-27-21-9-5-6-10-22(21)33-26)23(30)15-28-24(31)19-7-3-4-8-20(19)25(28)32/h3-6,9-14,16,19-20H,7-8,15H2,1-2H3. The zero-order valence-electron chi connectivity index (χ0n) is 18.6. The van der Waals surface area contributed by atoms with Crippen molar-refractivity contribution in [2.45, 2.75) is 32.6 Å². The summed E-state index contributed by atoms with van der Waals surface area (Å²) in [6, 6.07) is 15.5. The van der Waals surface area contributed by atoms with Gasteiger partial charge in [0.05, 0.1) is 27.7 Å². The minimum atomic E-state index is -0.350. The summed E-state index contributed by atoms with van der Waals surface area (Å²) >= 11 is 1.41. The average Bonchev–Trinajstić information content (AvgIpc) is 3.34. The van der Waals surface area contributed by atoms with Gasteiger partial charge in [0.25, 0.3) is 5.91 Å². The van der Waals surface area contributed by atoms with Gasteiger partial charge in [0, 0.05) is 0 Å². The maximum absolute atomic E-state index is 13.6. The number of anilines is 2. The van der Waals surface area contributed by atoms with Crippen LogP contribution >= 0.6 is 11.3 Å². The van der Waals surface area contributed by atoms with Crippen molar-refractivity contribution in [1.82, 2.24) is 9.88 Å². The Kier molecular flexibility index (Phi) is 5.58. The van der Waals surface area contributed by atoms with E-state index < -0.39 is 0 Å². The molecule has 1 aromatic heterocycles. The molecule has 0 saturated carbocycles. The molecule has 5 rings (SSSR count). The van der Waals surface area contributed by atoms with E-state index in [9.17, 15) is 14.4 Å². The summed E-state index contributed by atoms with van der Waals surface area (Å²) in [6.07, 6.45) is 5.00. The number of imide groups is 1. The predicted molar refractivity (Wildman–Crippen MR) is 129 cm³/mol. The van der Waals surface area contributed by atoms with Crippen molar-refractivity contribution in [3.05, 3.63) is 66.2 Å². The highest BCUT2D eigenvalue weighted by molar-refractivity contribution is 7.22. The van der Waals surface area contributed by atoms with E-state index in [4.69, 9.17) is 0 Å². The molecule has 2 unspecified atom stereocenters. The molecule has 0 N–H and O–H groups in total. The smallest absolute Gasteiger partial charge is 0.253 e. The fourth-order valence-electron chi connectivity index (χ4n) is 4.56. The van der Waals surface area contributed by atoms with Gasteiger partial charge in [0.15, 0.2) is 5.13 Å². The molecule has 0 spiro atoms. The molecule has 0 radical (unpaired) electrons. The van der Waals surface area contributed by atoms with Gasteiger partial charge in [-0.05, 0) is 48.6 Å². The van der Waals surface area contributed by atoms with Crippen molar-refractivity contribution in [3.8, 4) is 0 Å². The second kappa shape index (κ2) is 8.56. The van der Waals surface area contributed by atoms with Gasteiger partial charge in [0.2, 0.25) is 11.8 Å². The Hall–Kier alpha value is -3.32. The lowest BCUT2D eigenvalue weighted by molar-refractivity contribution is -0.143. The number of aromatic nitrogens is 1. The summed E-state index contributed by atoms with van der Waals surface area (Å²) < 4.78 is 0.967. The monoisotopic (exact) mass is 459 g/mol. The van der Waals surface area contributed by atoms with E-state index in [0.717, 1.165) is 20.7 Å². The molecule has 6 nitrogen and oxygen atoms in total. The first-order valence-electron chi connectivity index (χ1n) is 11.2. The molecule has 3 amide bonds. The summed E-state index contributed by atoms with van der Waals surface area (Å²) in [4.78, 5) is 46.8. The lowest BCUT2D eigenvalue weighted by Crippen LogP contribution is -2.41. The Morgan fingerprint density at radius 1 is 1.03 bits per heavy atom. The lowest BCUT2D eigenvalue weighted by atomic mass is 9.85. The molecule has 2 atom stereocenters. The number of likely N-dealkylation sites (tertiary alicyclic amines) is 1. The van der Waals surface area contributed by atoms with E-state index in [1.54, 1.807) is 0 Å². The highest BCUT2D eigenvalue weighted by Crippen LogP contribution is 2.37. The third-order valence-corrected chi connectivity index (χ3v) is 7.46. The predicted octanol–water partition coefficient (Wildman–Crippen LogP) is 5.04. The van der Waals surface area contributed by atoms with Gasteiger partial charge in [-0.1, -0.05) is 61.6 Å². The van der Waals surface area contributed by atoms with Crippen molar-refractivity contribution >= 4 is 50.1 Å². The lowest BCUT2D eigenvalue weighted by Gasteiger charge is -2.23. The van der Waals surface area contributed by atoms with Gasteiger partial charge in [-0.2, -0.15) is 0 Å². The van der Waals surface area contributed by atoms with Gasteiger partial charge in [-0.25, -0.2) is 4.98 Å². The minimum Gasteiger partial charge on any atom is -0.274 e. The Labute approximate surface area is 196 Å². The number of fused-ring (bicyclic) bond motifs is 2. The Morgan fingerprint density at radius 2 is 1.67 bits per heavy atom. The Bertz CT molecular complexity index is 1200. The van der Waals surface area contributed by atoms with Crippen LogP contribution in [-0.2, 0) is 14.4 Å². The van der Waals surface area contributed by atoms with E-state index in [-0.39, 0.29) is 36.1 Å². The number of allylic oxidation sites excluding steroid dienone is 2. The van der Waals surface area contributed by atoms with Crippen molar-refractivity contribution < 1.29 is 14.4 Å². The van der Waals surface area contributed by atoms with Gasteiger partial charge in [-0.3, -0.25) is 24.2 Å². The number of benzene rings is 2. The SMILES string of the molecule is CC(C)c1ccc(N(C(=O)CN2C(=O)C3CC=CCC3C2=O)c2nc3ccccc3s2)cc1. The minimum absolute atomic E-state index is 0.248. The molecular formula is C26H25N3O3S. The summed E-state index contributed by atoms with van der Waals surface area (Å²) in [5, 5.41) is 0.525. The highest BCUT2D eigenvalue weighted by atomic mass is 32.1. The first-order chi connectivity index (χ1) is 15.9. The molecular weight excluding hydrogens is 434 g/mol. The fraction of sp³-hybridized carbons (Fsp3) is 0.308. The second-order valence-electron chi connectivity index (χ2n) is 8.86. The zero-order valence-corrected chi connectivity index (χ0v) is 19.4. The van der Waals surface area contributed by atoms with Crippen LogP contribution in [0.1, 0.15) is 38.2 Å². The highest BCUT2D eigenvalue weighted by Gasteiger charge is 2.48. The molecule has 3 aromatic rings. The van der Waals surface area contributed by atoms with Crippen LogP contribution in [-0.4, -0.2) is 34.2 Å². The van der Waals surface area contributed by atoms with Crippen molar-refractivity contribution in [2.24, 2.45) is 11.8 Å². The van der Waals surface area contributed by atoms with Gasteiger partial charge < -0.3 is 0 Å². The maximum Gasteiger partial charge on any atom is 0.253 e. The van der Waals surface area contributed by atoms with Crippen LogP contribution in [0.25, 0.3) is 10.2 Å². The van der Waals surface area contributed by atoms with Crippen LogP contribution in [0, 0.1) is 11.8 Å². The zero-order chi connectivity index (χ0) is 23.1.